The summed E-state index contributed by atoms with van der Waals surface area (Å²) in [5, 5.41) is 14.5. The lowest BCUT2D eigenvalue weighted by molar-refractivity contribution is -0.385. The summed E-state index contributed by atoms with van der Waals surface area (Å²) >= 11 is 0. The Kier molecular flexibility index (Phi) is 4.93. The van der Waals surface area contributed by atoms with Crippen molar-refractivity contribution in [3.8, 4) is 0 Å². The maximum Gasteiger partial charge on any atom is 0.274 e. The normalized spacial score (nSPS) is 11.9. The Bertz CT molecular complexity index is 611. The van der Waals surface area contributed by atoms with E-state index in [1.165, 1.54) is 5.56 Å². The molecule has 0 saturated heterocycles. The average Bonchev–Trinajstić information content (AvgIpc) is 2.53. The molecule has 1 unspecified atom stereocenters. The lowest BCUT2D eigenvalue weighted by Gasteiger charge is -2.19. The molecule has 0 bridgehead atoms. The van der Waals surface area contributed by atoms with Gasteiger partial charge in [0.2, 0.25) is 0 Å². The van der Waals surface area contributed by atoms with Crippen LogP contribution in [0.5, 0.6) is 0 Å². The molecule has 2 aromatic carbocycles. The van der Waals surface area contributed by atoms with Crippen molar-refractivity contribution < 1.29 is 4.92 Å². The Hall–Kier alpha value is -2.36. The quantitative estimate of drug-likeness (QED) is 0.616. The Morgan fingerprint density at radius 1 is 1.14 bits per heavy atom. The van der Waals surface area contributed by atoms with Gasteiger partial charge >= 0.3 is 0 Å². The second kappa shape index (κ2) is 6.88. The molecule has 1 atom stereocenters. The van der Waals surface area contributed by atoms with Crippen LogP contribution in [0.3, 0.4) is 0 Å². The fraction of sp³-hybridized carbons (Fsp3) is 0.294. The molecule has 0 radical (unpaired) electrons. The van der Waals surface area contributed by atoms with E-state index in [9.17, 15) is 10.1 Å². The Labute approximate surface area is 125 Å². The first-order valence-corrected chi connectivity index (χ1v) is 7.24. The lowest BCUT2D eigenvalue weighted by Crippen LogP contribution is -2.10. The largest absolute Gasteiger partial charge is 0.378 e. The third-order valence-corrected chi connectivity index (χ3v) is 3.61. The summed E-state index contributed by atoms with van der Waals surface area (Å²) in [6.45, 7) is 4.02. The van der Waals surface area contributed by atoms with Crippen LogP contribution >= 0.6 is 0 Å². The summed E-state index contributed by atoms with van der Waals surface area (Å²) in [6, 6.07) is 15.6. The molecule has 4 nitrogen and oxygen atoms in total. The molecular weight excluding hydrogens is 264 g/mol. The number of benzene rings is 2. The number of aryl methyl sites for hydroxylation is 1. The lowest BCUT2D eigenvalue weighted by atomic mass is 10.0. The standard InChI is InChI=1S/C17H20N2O2/c1-3-13-10-11-15(12-17(13)19(20)21)18-16(4-2)14-8-6-5-7-9-14/h5-12,16,18H,3-4H2,1-2H3. The minimum atomic E-state index is -0.312. The molecule has 0 fully saturated rings. The van der Waals surface area contributed by atoms with Gasteiger partial charge in [0.25, 0.3) is 5.69 Å². The third-order valence-electron chi connectivity index (χ3n) is 3.61. The van der Waals surface area contributed by atoms with E-state index in [0.717, 1.165) is 17.7 Å². The molecule has 0 aliphatic heterocycles. The number of anilines is 1. The Morgan fingerprint density at radius 2 is 1.86 bits per heavy atom. The van der Waals surface area contributed by atoms with Crippen LogP contribution in [-0.4, -0.2) is 4.92 Å². The molecule has 2 rings (SSSR count). The summed E-state index contributed by atoms with van der Waals surface area (Å²) in [4.78, 5) is 10.8. The first kappa shape index (κ1) is 15.0. The van der Waals surface area contributed by atoms with Crippen LogP contribution in [0.4, 0.5) is 11.4 Å². The predicted molar refractivity (Wildman–Crippen MR) is 85.6 cm³/mol. The maximum atomic E-state index is 11.1. The molecule has 0 spiro atoms. The van der Waals surface area contributed by atoms with E-state index in [-0.39, 0.29) is 16.7 Å². The van der Waals surface area contributed by atoms with E-state index >= 15 is 0 Å². The maximum absolute atomic E-state index is 11.1. The minimum absolute atomic E-state index is 0.151. The molecule has 0 aromatic heterocycles. The van der Waals surface area contributed by atoms with Gasteiger partial charge in [-0.1, -0.05) is 50.2 Å². The highest BCUT2D eigenvalue weighted by molar-refractivity contribution is 5.56. The zero-order valence-electron chi connectivity index (χ0n) is 12.4. The summed E-state index contributed by atoms with van der Waals surface area (Å²) in [7, 11) is 0. The van der Waals surface area contributed by atoms with Gasteiger partial charge in [-0.05, 0) is 24.5 Å². The van der Waals surface area contributed by atoms with Gasteiger partial charge in [0.05, 0.1) is 11.0 Å². The van der Waals surface area contributed by atoms with Crippen LogP contribution in [0.2, 0.25) is 0 Å². The van der Waals surface area contributed by atoms with Gasteiger partial charge in [-0.3, -0.25) is 10.1 Å². The number of hydrogen-bond donors (Lipinski definition) is 1. The predicted octanol–water partition coefficient (Wildman–Crippen LogP) is 4.72. The molecule has 0 aliphatic carbocycles. The van der Waals surface area contributed by atoms with E-state index in [4.69, 9.17) is 0 Å². The van der Waals surface area contributed by atoms with Crippen LogP contribution in [0, 0.1) is 10.1 Å². The molecule has 0 amide bonds. The van der Waals surface area contributed by atoms with Crippen LogP contribution in [0.15, 0.2) is 48.5 Å². The van der Waals surface area contributed by atoms with Crippen molar-refractivity contribution in [3.63, 3.8) is 0 Å². The van der Waals surface area contributed by atoms with Crippen molar-refractivity contribution in [3.05, 3.63) is 69.8 Å². The molecule has 110 valence electrons. The van der Waals surface area contributed by atoms with Gasteiger partial charge in [-0.25, -0.2) is 0 Å². The second-order valence-corrected chi connectivity index (χ2v) is 4.97. The fourth-order valence-electron chi connectivity index (χ4n) is 2.43. The molecule has 4 heteroatoms. The van der Waals surface area contributed by atoms with E-state index < -0.39 is 0 Å². The first-order valence-electron chi connectivity index (χ1n) is 7.24. The van der Waals surface area contributed by atoms with Gasteiger partial charge in [0, 0.05) is 17.3 Å². The number of nitrogens with one attached hydrogen (secondary N) is 1. The smallest absolute Gasteiger partial charge is 0.274 e. The molecule has 0 saturated carbocycles. The van der Waals surface area contributed by atoms with Crippen molar-refractivity contribution in [1.29, 1.82) is 0 Å². The van der Waals surface area contributed by atoms with Gasteiger partial charge in [0.1, 0.15) is 0 Å². The zero-order chi connectivity index (χ0) is 15.2. The van der Waals surface area contributed by atoms with Gasteiger partial charge in [0.15, 0.2) is 0 Å². The molecule has 0 aliphatic rings. The minimum Gasteiger partial charge on any atom is -0.378 e. The SMILES string of the molecule is CCc1ccc(NC(CC)c2ccccc2)cc1[N+](=O)[O-]. The van der Waals surface area contributed by atoms with Crippen molar-refractivity contribution in [2.45, 2.75) is 32.7 Å². The highest BCUT2D eigenvalue weighted by Gasteiger charge is 2.15. The van der Waals surface area contributed by atoms with E-state index in [2.05, 4.69) is 24.4 Å². The Morgan fingerprint density at radius 3 is 2.43 bits per heavy atom. The number of nitrogens with zero attached hydrogens (tertiary/aromatic N) is 1. The highest BCUT2D eigenvalue weighted by Crippen LogP contribution is 2.27. The highest BCUT2D eigenvalue weighted by atomic mass is 16.6. The summed E-state index contributed by atoms with van der Waals surface area (Å²) in [5.74, 6) is 0. The number of nitro groups is 1. The van der Waals surface area contributed by atoms with E-state index in [1.54, 1.807) is 6.07 Å². The summed E-state index contributed by atoms with van der Waals surface area (Å²) < 4.78 is 0. The monoisotopic (exact) mass is 284 g/mol. The zero-order valence-corrected chi connectivity index (χ0v) is 12.4. The average molecular weight is 284 g/mol. The van der Waals surface area contributed by atoms with Gasteiger partial charge in [-0.2, -0.15) is 0 Å². The molecule has 0 heterocycles. The second-order valence-electron chi connectivity index (χ2n) is 4.97. The van der Waals surface area contributed by atoms with Crippen molar-refractivity contribution in [2.24, 2.45) is 0 Å². The van der Waals surface area contributed by atoms with Gasteiger partial charge < -0.3 is 5.32 Å². The van der Waals surface area contributed by atoms with E-state index in [1.807, 2.05) is 37.3 Å². The number of rotatable bonds is 6. The fourth-order valence-corrected chi connectivity index (χ4v) is 2.43. The molecule has 21 heavy (non-hydrogen) atoms. The van der Waals surface area contributed by atoms with Crippen LogP contribution in [0.1, 0.15) is 37.4 Å². The number of hydrogen-bond acceptors (Lipinski definition) is 3. The molecular formula is C17H20N2O2. The van der Waals surface area contributed by atoms with Crippen LogP contribution in [0.25, 0.3) is 0 Å². The van der Waals surface area contributed by atoms with Crippen molar-refractivity contribution >= 4 is 11.4 Å². The molecule has 2 aromatic rings. The topological polar surface area (TPSA) is 55.2 Å². The summed E-state index contributed by atoms with van der Waals surface area (Å²) in [5.41, 5.74) is 2.92. The first-order chi connectivity index (χ1) is 10.2. The van der Waals surface area contributed by atoms with Crippen LogP contribution in [-0.2, 0) is 6.42 Å². The van der Waals surface area contributed by atoms with E-state index in [0.29, 0.717) is 6.42 Å². The molecule has 1 N–H and O–H groups in total. The van der Waals surface area contributed by atoms with Crippen molar-refractivity contribution in [2.75, 3.05) is 5.32 Å². The van der Waals surface area contributed by atoms with Gasteiger partial charge in [-0.15, -0.1) is 0 Å². The van der Waals surface area contributed by atoms with Crippen LogP contribution < -0.4 is 5.32 Å². The number of nitro benzene ring substituents is 1. The van der Waals surface area contributed by atoms with Crippen molar-refractivity contribution in [1.82, 2.24) is 0 Å². The third kappa shape index (κ3) is 3.60. The summed E-state index contributed by atoms with van der Waals surface area (Å²) in [6.07, 6.45) is 1.57. The Balaban J connectivity index is 2.26.